The number of esters is 1. The number of halogens is 3. The number of carbonyl (C=O) groups is 1. The Balaban J connectivity index is 1.81. The van der Waals surface area contributed by atoms with Gasteiger partial charge in [-0.15, -0.1) is 11.8 Å². The molecule has 0 aliphatic heterocycles. The van der Waals surface area contributed by atoms with Gasteiger partial charge in [0.05, 0.1) is 18.7 Å². The van der Waals surface area contributed by atoms with E-state index in [0.29, 0.717) is 11.3 Å². The molecule has 1 unspecified atom stereocenters. The Kier molecular flexibility index (Phi) is 8.13. The smallest absolute Gasteiger partial charge is 0.389 e. The maximum absolute atomic E-state index is 13.2. The van der Waals surface area contributed by atoms with Crippen molar-refractivity contribution in [3.8, 4) is 11.3 Å². The standard InChI is InChI=1S/C26H28F3NO3S/c1-5-18-9-11-20(21(6-2)30-18)23-12-17-8-10-19(13-22(17)33-23)34-16-25(4,14-26(27,28)29)15-32-24(31)7-3/h7-13H,3,5-6,14-16H2,1-2,4H3. The van der Waals surface area contributed by atoms with Crippen molar-refractivity contribution in [3.63, 3.8) is 0 Å². The molecule has 0 amide bonds. The maximum atomic E-state index is 13.2. The summed E-state index contributed by atoms with van der Waals surface area (Å²) in [4.78, 5) is 16.9. The number of ether oxygens (including phenoxy) is 1. The monoisotopic (exact) mass is 491 g/mol. The molecule has 4 nitrogen and oxygen atoms in total. The van der Waals surface area contributed by atoms with Gasteiger partial charge in [-0.1, -0.05) is 27.4 Å². The number of hydrogen-bond donors (Lipinski definition) is 0. The van der Waals surface area contributed by atoms with Crippen molar-refractivity contribution in [2.45, 2.75) is 51.1 Å². The van der Waals surface area contributed by atoms with Gasteiger partial charge in [-0.3, -0.25) is 4.98 Å². The quantitative estimate of drug-likeness (QED) is 0.168. The van der Waals surface area contributed by atoms with E-state index >= 15 is 0 Å². The molecule has 2 heterocycles. The molecule has 0 saturated carbocycles. The SMILES string of the molecule is C=CC(=O)OCC(C)(CSc1ccc2cc(-c3ccc(CC)nc3CC)oc2c1)CC(F)(F)F. The molecular weight excluding hydrogens is 463 g/mol. The number of furan rings is 1. The van der Waals surface area contributed by atoms with Gasteiger partial charge < -0.3 is 9.15 Å². The lowest BCUT2D eigenvalue weighted by molar-refractivity contribution is -0.165. The van der Waals surface area contributed by atoms with Crippen LogP contribution in [0.15, 0.2) is 58.4 Å². The number of carbonyl (C=O) groups excluding carboxylic acids is 1. The largest absolute Gasteiger partial charge is 0.462 e. The second-order valence-corrected chi connectivity index (χ2v) is 9.57. The van der Waals surface area contributed by atoms with Gasteiger partial charge in [0, 0.05) is 38.8 Å². The van der Waals surface area contributed by atoms with Gasteiger partial charge in [-0.05, 0) is 49.2 Å². The van der Waals surface area contributed by atoms with Crippen LogP contribution in [0.4, 0.5) is 13.2 Å². The minimum absolute atomic E-state index is 0.110. The van der Waals surface area contributed by atoms with Crippen molar-refractivity contribution in [1.82, 2.24) is 4.98 Å². The normalized spacial score (nSPS) is 13.6. The Bertz CT molecular complexity index is 1170. The molecule has 8 heteroatoms. The molecule has 1 aromatic carbocycles. The highest BCUT2D eigenvalue weighted by molar-refractivity contribution is 7.99. The summed E-state index contributed by atoms with van der Waals surface area (Å²) >= 11 is 1.27. The number of benzene rings is 1. The molecule has 1 atom stereocenters. The molecule has 3 rings (SSSR count). The zero-order chi connectivity index (χ0) is 24.9. The van der Waals surface area contributed by atoms with Crippen molar-refractivity contribution in [1.29, 1.82) is 0 Å². The third-order valence-electron chi connectivity index (χ3n) is 5.43. The van der Waals surface area contributed by atoms with Crippen LogP contribution in [-0.4, -0.2) is 29.5 Å². The van der Waals surface area contributed by atoms with Gasteiger partial charge in [-0.2, -0.15) is 13.2 Å². The average Bonchev–Trinajstić information content (AvgIpc) is 3.23. The Morgan fingerprint density at radius 1 is 1.18 bits per heavy atom. The van der Waals surface area contributed by atoms with Crippen LogP contribution in [0.5, 0.6) is 0 Å². The molecule has 0 radical (unpaired) electrons. The van der Waals surface area contributed by atoms with Crippen LogP contribution >= 0.6 is 11.8 Å². The van der Waals surface area contributed by atoms with E-state index in [1.54, 1.807) is 0 Å². The molecule has 34 heavy (non-hydrogen) atoms. The van der Waals surface area contributed by atoms with Gasteiger partial charge in [-0.25, -0.2) is 4.79 Å². The first-order valence-corrected chi connectivity index (χ1v) is 12.1. The number of aromatic nitrogens is 1. The van der Waals surface area contributed by atoms with Crippen LogP contribution < -0.4 is 0 Å². The van der Waals surface area contributed by atoms with Gasteiger partial charge in [0.1, 0.15) is 11.3 Å². The molecule has 0 spiro atoms. The molecule has 182 valence electrons. The Morgan fingerprint density at radius 3 is 2.59 bits per heavy atom. The van der Waals surface area contributed by atoms with Gasteiger partial charge in [0.15, 0.2) is 0 Å². The molecule has 0 N–H and O–H groups in total. The lowest BCUT2D eigenvalue weighted by atomic mass is 9.90. The number of rotatable bonds is 10. The maximum Gasteiger partial charge on any atom is 0.389 e. The lowest BCUT2D eigenvalue weighted by Gasteiger charge is -2.29. The minimum Gasteiger partial charge on any atom is -0.462 e. The number of pyridine rings is 1. The van der Waals surface area contributed by atoms with Crippen LogP contribution in [0.2, 0.25) is 0 Å². The fourth-order valence-corrected chi connectivity index (χ4v) is 4.72. The van der Waals surface area contributed by atoms with Crippen LogP contribution in [0.1, 0.15) is 38.6 Å². The van der Waals surface area contributed by atoms with Crippen molar-refractivity contribution >= 4 is 28.7 Å². The number of aryl methyl sites for hydroxylation is 2. The highest BCUT2D eigenvalue weighted by Crippen LogP contribution is 2.39. The first kappa shape index (κ1) is 25.9. The first-order chi connectivity index (χ1) is 16.1. The second kappa shape index (κ2) is 10.7. The van der Waals surface area contributed by atoms with E-state index < -0.39 is 24.0 Å². The van der Waals surface area contributed by atoms with E-state index in [1.807, 2.05) is 43.3 Å². The molecule has 0 aliphatic rings. The van der Waals surface area contributed by atoms with Gasteiger partial charge >= 0.3 is 12.1 Å². The number of fused-ring (bicyclic) bond motifs is 1. The van der Waals surface area contributed by atoms with Gasteiger partial charge in [0.2, 0.25) is 0 Å². The van der Waals surface area contributed by atoms with Crippen LogP contribution in [0.3, 0.4) is 0 Å². The molecule has 3 aromatic rings. The predicted molar refractivity (Wildman–Crippen MR) is 129 cm³/mol. The summed E-state index contributed by atoms with van der Waals surface area (Å²) < 4.78 is 50.6. The van der Waals surface area contributed by atoms with Crippen molar-refractivity contribution in [2.75, 3.05) is 12.4 Å². The van der Waals surface area contributed by atoms with E-state index in [0.717, 1.165) is 46.2 Å². The fraction of sp³-hybridized carbons (Fsp3) is 0.385. The lowest BCUT2D eigenvalue weighted by Crippen LogP contribution is -2.33. The Morgan fingerprint density at radius 2 is 1.94 bits per heavy atom. The Labute approximate surface area is 201 Å². The number of thioether (sulfide) groups is 1. The summed E-state index contributed by atoms with van der Waals surface area (Å²) in [6.45, 7) is 8.51. The van der Waals surface area contributed by atoms with E-state index in [1.165, 1.54) is 18.7 Å². The van der Waals surface area contributed by atoms with Crippen LogP contribution in [-0.2, 0) is 22.4 Å². The summed E-state index contributed by atoms with van der Waals surface area (Å²) in [6, 6.07) is 11.5. The molecule has 0 saturated heterocycles. The number of nitrogens with zero attached hydrogens (tertiary/aromatic N) is 1. The summed E-state index contributed by atoms with van der Waals surface area (Å²) in [5.41, 5.74) is 2.29. The first-order valence-electron chi connectivity index (χ1n) is 11.1. The highest BCUT2D eigenvalue weighted by atomic mass is 32.2. The summed E-state index contributed by atoms with van der Waals surface area (Å²) in [5.74, 6) is 0.0801. The van der Waals surface area contributed by atoms with Crippen LogP contribution in [0, 0.1) is 5.41 Å². The molecule has 2 aromatic heterocycles. The Hall–Kier alpha value is -2.74. The number of hydrogen-bond acceptors (Lipinski definition) is 5. The van der Waals surface area contributed by atoms with Crippen molar-refractivity contribution < 1.29 is 27.1 Å². The summed E-state index contributed by atoms with van der Waals surface area (Å²) in [6.07, 6.45) is -2.87. The molecule has 0 aliphatic carbocycles. The summed E-state index contributed by atoms with van der Waals surface area (Å²) in [7, 11) is 0. The van der Waals surface area contributed by atoms with E-state index in [2.05, 4.69) is 13.5 Å². The third kappa shape index (κ3) is 6.65. The van der Waals surface area contributed by atoms with Crippen molar-refractivity contribution in [3.05, 3.63) is 60.4 Å². The molecular formula is C26H28F3NO3S. The van der Waals surface area contributed by atoms with E-state index in [-0.39, 0.29) is 12.4 Å². The zero-order valence-electron chi connectivity index (χ0n) is 19.5. The van der Waals surface area contributed by atoms with E-state index in [9.17, 15) is 18.0 Å². The third-order valence-corrected chi connectivity index (χ3v) is 6.86. The van der Waals surface area contributed by atoms with E-state index in [4.69, 9.17) is 14.1 Å². The van der Waals surface area contributed by atoms with Crippen molar-refractivity contribution in [2.24, 2.45) is 5.41 Å². The number of alkyl halides is 3. The van der Waals surface area contributed by atoms with Crippen LogP contribution in [0.25, 0.3) is 22.3 Å². The van der Waals surface area contributed by atoms with Gasteiger partial charge in [0.25, 0.3) is 0 Å². The zero-order valence-corrected chi connectivity index (χ0v) is 20.3. The average molecular weight is 492 g/mol. The fourth-order valence-electron chi connectivity index (χ4n) is 3.66. The minimum atomic E-state index is -4.38. The second-order valence-electron chi connectivity index (χ2n) is 8.52. The topological polar surface area (TPSA) is 52.3 Å². The highest BCUT2D eigenvalue weighted by Gasteiger charge is 2.40. The molecule has 0 bridgehead atoms. The molecule has 0 fully saturated rings. The predicted octanol–water partition coefficient (Wildman–Crippen LogP) is 7.40. The summed E-state index contributed by atoms with van der Waals surface area (Å²) in [5, 5.41) is 0.902.